The van der Waals surface area contributed by atoms with Gasteiger partial charge in [-0.05, 0) is 55.2 Å². The highest BCUT2D eigenvalue weighted by Crippen LogP contribution is 2.35. The molecule has 0 aromatic heterocycles. The van der Waals surface area contributed by atoms with Crippen LogP contribution < -0.4 is 9.47 Å². The minimum absolute atomic E-state index is 0.101. The number of hydrogen-bond donors (Lipinski definition) is 0. The summed E-state index contributed by atoms with van der Waals surface area (Å²) in [6, 6.07) is 10.6. The fourth-order valence-electron chi connectivity index (χ4n) is 3.33. The average Bonchev–Trinajstić information content (AvgIpc) is 2.84. The molecule has 0 atom stereocenters. The molecule has 0 heterocycles. The van der Waals surface area contributed by atoms with Crippen LogP contribution in [0.5, 0.6) is 11.5 Å². The van der Waals surface area contributed by atoms with E-state index in [9.17, 15) is 9.59 Å². The Morgan fingerprint density at radius 2 is 1.53 bits per heavy atom. The van der Waals surface area contributed by atoms with Crippen LogP contribution >= 0.6 is 0 Å². The van der Waals surface area contributed by atoms with Gasteiger partial charge in [0.1, 0.15) is 11.5 Å². The molecule has 2 aromatic carbocycles. The van der Waals surface area contributed by atoms with Crippen molar-refractivity contribution in [3.05, 3.63) is 77.4 Å². The minimum atomic E-state index is -0.156. The van der Waals surface area contributed by atoms with Crippen LogP contribution in [0.15, 0.2) is 55.1 Å². The zero-order valence-corrected chi connectivity index (χ0v) is 20.9. The maximum atomic E-state index is 12.9. The van der Waals surface area contributed by atoms with Crippen molar-refractivity contribution in [2.45, 2.75) is 46.0 Å². The fourth-order valence-corrected chi connectivity index (χ4v) is 3.33. The van der Waals surface area contributed by atoms with Crippen LogP contribution in [0.1, 0.15) is 71.4 Å². The Hall–Kier alpha value is -3.34. The zero-order valence-electron chi connectivity index (χ0n) is 20.9. The number of benzene rings is 2. The van der Waals surface area contributed by atoms with Gasteiger partial charge in [0, 0.05) is 25.2 Å². The first-order valence-electron chi connectivity index (χ1n) is 12.0. The van der Waals surface area contributed by atoms with Gasteiger partial charge in [0.05, 0.1) is 18.8 Å². The van der Waals surface area contributed by atoms with E-state index < -0.39 is 0 Å². The molecule has 2 aromatic rings. The number of allylic oxidation sites excluding steroid dienone is 2. The second kappa shape index (κ2) is 14.0. The number of carbonyl (C=O) groups excluding carboxylic acids is 2. The van der Waals surface area contributed by atoms with Crippen molar-refractivity contribution in [1.29, 1.82) is 0 Å². The molecule has 34 heavy (non-hydrogen) atoms. The van der Waals surface area contributed by atoms with Gasteiger partial charge in [-0.15, -0.1) is 6.58 Å². The summed E-state index contributed by atoms with van der Waals surface area (Å²) in [5.74, 6) is 1.18. The van der Waals surface area contributed by atoms with E-state index in [1.807, 2.05) is 18.2 Å². The molecule has 0 saturated heterocycles. The number of hydrogen-bond acceptors (Lipinski definition) is 4. The van der Waals surface area contributed by atoms with Crippen molar-refractivity contribution < 1.29 is 19.1 Å². The van der Waals surface area contributed by atoms with Crippen molar-refractivity contribution in [2.24, 2.45) is 0 Å². The Kier molecular flexibility index (Phi) is 11.1. The minimum Gasteiger partial charge on any atom is -0.493 e. The number of unbranched alkanes of at least 4 members (excludes halogenated alkanes) is 2. The van der Waals surface area contributed by atoms with Gasteiger partial charge in [0.25, 0.3) is 5.91 Å². The number of rotatable bonds is 14. The van der Waals surface area contributed by atoms with Crippen LogP contribution in [0, 0.1) is 0 Å². The molecule has 0 aliphatic carbocycles. The standard InChI is InChI=1S/C29H37NO4/c1-6-9-20-33-27-19-16-23(11-8-3)28(34-21-10-7-2)25(27)17-18-26(31)22-12-14-24(15-13-22)29(32)30(4)5/h8,12-19H,3,6-7,9-11,20-21H2,1-2,4-5H3. The van der Waals surface area contributed by atoms with E-state index in [2.05, 4.69) is 20.4 Å². The summed E-state index contributed by atoms with van der Waals surface area (Å²) in [4.78, 5) is 26.5. The SMILES string of the molecule is C=CCc1ccc(OCCCC)c(C=CC(=O)c2ccc(C(=O)N(C)C)cc2)c1OCCCC. The molecule has 5 nitrogen and oxygen atoms in total. The number of amides is 1. The van der Waals surface area contributed by atoms with Crippen LogP contribution in [0.4, 0.5) is 0 Å². The van der Waals surface area contributed by atoms with Crippen molar-refractivity contribution in [3.63, 3.8) is 0 Å². The molecule has 5 heteroatoms. The lowest BCUT2D eigenvalue weighted by Crippen LogP contribution is -2.21. The van der Waals surface area contributed by atoms with Gasteiger partial charge in [-0.3, -0.25) is 9.59 Å². The largest absolute Gasteiger partial charge is 0.493 e. The highest BCUT2D eigenvalue weighted by Gasteiger charge is 2.15. The fraction of sp³-hybridized carbons (Fsp3) is 0.379. The number of nitrogens with zero attached hydrogens (tertiary/aromatic N) is 1. The molecule has 0 N–H and O–H groups in total. The summed E-state index contributed by atoms with van der Waals surface area (Å²) in [6.45, 7) is 9.29. The van der Waals surface area contributed by atoms with Crippen LogP contribution in [0.25, 0.3) is 6.08 Å². The molecule has 0 spiro atoms. The Balaban J connectivity index is 2.38. The molecular weight excluding hydrogens is 426 g/mol. The molecule has 2 rings (SSSR count). The molecule has 0 bridgehead atoms. The molecule has 0 unspecified atom stereocenters. The topological polar surface area (TPSA) is 55.8 Å². The van der Waals surface area contributed by atoms with E-state index in [4.69, 9.17) is 9.47 Å². The lowest BCUT2D eigenvalue weighted by Gasteiger charge is -2.17. The van der Waals surface area contributed by atoms with Crippen LogP contribution in [-0.2, 0) is 6.42 Å². The van der Waals surface area contributed by atoms with E-state index in [0.717, 1.165) is 42.6 Å². The van der Waals surface area contributed by atoms with Gasteiger partial charge >= 0.3 is 0 Å². The predicted octanol–water partition coefficient (Wildman–Crippen LogP) is 6.37. The van der Waals surface area contributed by atoms with Gasteiger partial charge in [-0.2, -0.15) is 0 Å². The molecule has 0 saturated carbocycles. The summed E-state index contributed by atoms with van der Waals surface area (Å²) >= 11 is 0. The third-order valence-corrected chi connectivity index (χ3v) is 5.33. The molecule has 182 valence electrons. The normalized spacial score (nSPS) is 10.8. The molecule has 0 fully saturated rings. The highest BCUT2D eigenvalue weighted by molar-refractivity contribution is 6.07. The number of ketones is 1. The summed E-state index contributed by atoms with van der Waals surface area (Å²) in [5, 5.41) is 0. The van der Waals surface area contributed by atoms with Crippen LogP contribution in [0.2, 0.25) is 0 Å². The third kappa shape index (κ3) is 7.62. The third-order valence-electron chi connectivity index (χ3n) is 5.33. The van der Waals surface area contributed by atoms with Crippen molar-refractivity contribution in [3.8, 4) is 11.5 Å². The van der Waals surface area contributed by atoms with E-state index in [-0.39, 0.29) is 11.7 Å². The second-order valence-corrected chi connectivity index (χ2v) is 8.34. The van der Waals surface area contributed by atoms with Crippen LogP contribution in [0.3, 0.4) is 0 Å². The van der Waals surface area contributed by atoms with Gasteiger partial charge in [-0.25, -0.2) is 0 Å². The lowest BCUT2D eigenvalue weighted by atomic mass is 10.0. The van der Waals surface area contributed by atoms with E-state index >= 15 is 0 Å². The predicted molar refractivity (Wildman–Crippen MR) is 139 cm³/mol. The van der Waals surface area contributed by atoms with Crippen molar-refractivity contribution in [1.82, 2.24) is 4.90 Å². The molecule has 0 aliphatic rings. The first kappa shape index (κ1) is 26.9. The van der Waals surface area contributed by atoms with E-state index in [0.29, 0.717) is 36.5 Å². The molecule has 1 amide bonds. The maximum absolute atomic E-state index is 12.9. The summed E-state index contributed by atoms with van der Waals surface area (Å²) in [7, 11) is 3.40. The maximum Gasteiger partial charge on any atom is 0.253 e. The van der Waals surface area contributed by atoms with Crippen molar-refractivity contribution >= 4 is 17.8 Å². The van der Waals surface area contributed by atoms with Crippen molar-refractivity contribution in [2.75, 3.05) is 27.3 Å². The second-order valence-electron chi connectivity index (χ2n) is 8.34. The first-order valence-corrected chi connectivity index (χ1v) is 12.0. The lowest BCUT2D eigenvalue weighted by molar-refractivity contribution is 0.0827. The van der Waals surface area contributed by atoms with E-state index in [1.54, 1.807) is 44.4 Å². The number of ether oxygens (including phenoxy) is 2. The molecule has 0 aliphatic heterocycles. The Morgan fingerprint density at radius 1 is 0.912 bits per heavy atom. The zero-order chi connectivity index (χ0) is 24.9. The molecular formula is C29H37NO4. The number of carbonyl (C=O) groups is 2. The van der Waals surface area contributed by atoms with Crippen LogP contribution in [-0.4, -0.2) is 43.9 Å². The molecule has 0 radical (unpaired) electrons. The van der Waals surface area contributed by atoms with Gasteiger partial charge in [0.2, 0.25) is 0 Å². The quantitative estimate of drug-likeness (QED) is 0.141. The average molecular weight is 464 g/mol. The Bertz CT molecular complexity index is 990. The Labute approximate surface area is 204 Å². The first-order chi connectivity index (χ1) is 16.4. The van der Waals surface area contributed by atoms with E-state index in [1.165, 1.54) is 11.0 Å². The monoisotopic (exact) mass is 463 g/mol. The Morgan fingerprint density at radius 3 is 2.12 bits per heavy atom. The summed E-state index contributed by atoms with van der Waals surface area (Å²) in [5.41, 5.74) is 2.82. The van der Waals surface area contributed by atoms with Gasteiger partial charge < -0.3 is 14.4 Å². The van der Waals surface area contributed by atoms with Gasteiger partial charge in [0.15, 0.2) is 5.78 Å². The summed E-state index contributed by atoms with van der Waals surface area (Å²) < 4.78 is 12.2. The smallest absolute Gasteiger partial charge is 0.253 e. The summed E-state index contributed by atoms with van der Waals surface area (Å²) in [6.07, 6.45) is 9.76. The van der Waals surface area contributed by atoms with Gasteiger partial charge in [-0.1, -0.05) is 51.0 Å². The highest BCUT2D eigenvalue weighted by atomic mass is 16.5.